The van der Waals surface area contributed by atoms with Crippen LogP contribution in [-0.2, 0) is 11.2 Å². The van der Waals surface area contributed by atoms with Gasteiger partial charge in [0.15, 0.2) is 0 Å². The van der Waals surface area contributed by atoms with Crippen LogP contribution in [0.1, 0.15) is 30.5 Å². The Morgan fingerprint density at radius 3 is 2.44 bits per heavy atom. The zero-order valence-corrected chi connectivity index (χ0v) is 11.3. The Bertz CT molecular complexity index is 344. The number of nitrogens with two attached hydrogens (primary N) is 1. The Balaban J connectivity index is 2.06. The van der Waals surface area contributed by atoms with Gasteiger partial charge in [0.25, 0.3) is 0 Å². The molecule has 2 rings (SSSR count). The van der Waals surface area contributed by atoms with Crippen LogP contribution in [0, 0.1) is 0 Å². The molecule has 0 saturated carbocycles. The summed E-state index contributed by atoms with van der Waals surface area (Å²) in [5, 5.41) is 0. The number of nitrogens with zero attached hydrogens (tertiary/aromatic N) is 1. The van der Waals surface area contributed by atoms with Gasteiger partial charge in [-0.3, -0.25) is 4.90 Å². The molecule has 2 N–H and O–H groups in total. The number of hydrogen-bond donors (Lipinski definition) is 1. The summed E-state index contributed by atoms with van der Waals surface area (Å²) in [5.74, 6) is 0. The van der Waals surface area contributed by atoms with E-state index in [0.717, 1.165) is 32.7 Å². The van der Waals surface area contributed by atoms with E-state index in [1.807, 2.05) is 0 Å². The minimum atomic E-state index is 0.338. The Labute approximate surface area is 110 Å². The molecule has 1 atom stereocenters. The molecule has 0 aliphatic carbocycles. The number of rotatable bonds is 5. The molecule has 1 unspecified atom stereocenters. The predicted octanol–water partition coefficient (Wildman–Crippen LogP) is 1.97. The van der Waals surface area contributed by atoms with Crippen molar-refractivity contribution < 1.29 is 4.74 Å². The lowest BCUT2D eigenvalue weighted by molar-refractivity contribution is 0.0179. The molecule has 1 aliphatic rings. The number of benzene rings is 1. The van der Waals surface area contributed by atoms with Crippen molar-refractivity contribution in [3.63, 3.8) is 0 Å². The summed E-state index contributed by atoms with van der Waals surface area (Å²) >= 11 is 0. The number of aryl methyl sites for hydroxylation is 1. The summed E-state index contributed by atoms with van der Waals surface area (Å²) in [4.78, 5) is 2.43. The quantitative estimate of drug-likeness (QED) is 0.866. The molecule has 1 aromatic carbocycles. The third-order valence-electron chi connectivity index (χ3n) is 3.61. The van der Waals surface area contributed by atoms with Crippen molar-refractivity contribution in [2.45, 2.75) is 25.8 Å². The monoisotopic (exact) mass is 248 g/mol. The first-order valence-corrected chi connectivity index (χ1v) is 6.96. The van der Waals surface area contributed by atoms with Crippen molar-refractivity contribution >= 4 is 0 Å². The van der Waals surface area contributed by atoms with Gasteiger partial charge in [-0.1, -0.05) is 37.6 Å². The van der Waals surface area contributed by atoms with E-state index < -0.39 is 0 Å². The first-order valence-electron chi connectivity index (χ1n) is 6.96. The molecule has 1 aliphatic heterocycles. The van der Waals surface area contributed by atoms with E-state index in [1.165, 1.54) is 17.5 Å². The lowest BCUT2D eigenvalue weighted by Crippen LogP contribution is -2.41. The fraction of sp³-hybridized carbons (Fsp3) is 0.600. The first-order chi connectivity index (χ1) is 8.85. The molecule has 1 aromatic rings. The van der Waals surface area contributed by atoms with Crippen LogP contribution in [0.5, 0.6) is 0 Å². The van der Waals surface area contributed by atoms with Crippen molar-refractivity contribution in [2.24, 2.45) is 5.73 Å². The lowest BCUT2D eigenvalue weighted by Gasteiger charge is -2.34. The molecule has 0 aromatic heterocycles. The van der Waals surface area contributed by atoms with E-state index in [2.05, 4.69) is 36.1 Å². The van der Waals surface area contributed by atoms with Gasteiger partial charge in [-0.05, 0) is 17.5 Å². The Morgan fingerprint density at radius 1 is 1.22 bits per heavy atom. The maximum absolute atomic E-state index is 5.95. The molecule has 1 fully saturated rings. The smallest absolute Gasteiger partial charge is 0.0594 e. The van der Waals surface area contributed by atoms with Crippen LogP contribution in [-0.4, -0.2) is 37.7 Å². The van der Waals surface area contributed by atoms with Gasteiger partial charge in [-0.25, -0.2) is 0 Å². The van der Waals surface area contributed by atoms with Gasteiger partial charge in [-0.2, -0.15) is 0 Å². The van der Waals surface area contributed by atoms with E-state index in [4.69, 9.17) is 10.5 Å². The summed E-state index contributed by atoms with van der Waals surface area (Å²) in [7, 11) is 0. The summed E-state index contributed by atoms with van der Waals surface area (Å²) in [6.07, 6.45) is 2.36. The Morgan fingerprint density at radius 2 is 1.89 bits per heavy atom. The highest BCUT2D eigenvalue weighted by molar-refractivity contribution is 5.25. The van der Waals surface area contributed by atoms with Crippen LogP contribution in [0.4, 0.5) is 0 Å². The highest BCUT2D eigenvalue weighted by atomic mass is 16.5. The first kappa shape index (κ1) is 13.5. The number of morpholine rings is 1. The van der Waals surface area contributed by atoms with E-state index in [9.17, 15) is 0 Å². The standard InChI is InChI=1S/C15H24N2O/c1-2-3-13-4-6-14(7-5-13)15(12-16)17-8-10-18-11-9-17/h4-7,15H,2-3,8-12,16H2,1H3. The second-order valence-electron chi connectivity index (χ2n) is 4.89. The molecular formula is C15H24N2O. The molecule has 0 bridgehead atoms. The summed E-state index contributed by atoms with van der Waals surface area (Å²) in [6, 6.07) is 9.28. The van der Waals surface area contributed by atoms with Gasteiger partial charge in [0.05, 0.1) is 13.2 Å². The van der Waals surface area contributed by atoms with Crippen molar-refractivity contribution in [3.05, 3.63) is 35.4 Å². The maximum atomic E-state index is 5.95. The van der Waals surface area contributed by atoms with Crippen LogP contribution in [0.25, 0.3) is 0 Å². The minimum Gasteiger partial charge on any atom is -0.379 e. The summed E-state index contributed by atoms with van der Waals surface area (Å²) in [6.45, 7) is 6.50. The molecule has 0 amide bonds. The second-order valence-corrected chi connectivity index (χ2v) is 4.89. The van der Waals surface area contributed by atoms with Crippen LogP contribution in [0.3, 0.4) is 0 Å². The van der Waals surface area contributed by atoms with E-state index in [0.29, 0.717) is 12.6 Å². The van der Waals surface area contributed by atoms with Gasteiger partial charge >= 0.3 is 0 Å². The topological polar surface area (TPSA) is 38.5 Å². The number of ether oxygens (including phenoxy) is 1. The predicted molar refractivity (Wildman–Crippen MR) is 74.6 cm³/mol. The van der Waals surface area contributed by atoms with Crippen molar-refractivity contribution in [2.75, 3.05) is 32.8 Å². The average Bonchev–Trinajstić information content (AvgIpc) is 2.43. The zero-order valence-electron chi connectivity index (χ0n) is 11.3. The van der Waals surface area contributed by atoms with Crippen LogP contribution in [0.2, 0.25) is 0 Å². The van der Waals surface area contributed by atoms with Crippen molar-refractivity contribution in [1.82, 2.24) is 4.90 Å². The third kappa shape index (κ3) is 3.31. The van der Waals surface area contributed by atoms with Crippen molar-refractivity contribution in [1.29, 1.82) is 0 Å². The maximum Gasteiger partial charge on any atom is 0.0594 e. The van der Waals surface area contributed by atoms with Gasteiger partial charge < -0.3 is 10.5 Å². The lowest BCUT2D eigenvalue weighted by atomic mass is 10.0. The van der Waals surface area contributed by atoms with Gasteiger partial charge in [-0.15, -0.1) is 0 Å². The molecule has 1 saturated heterocycles. The molecular weight excluding hydrogens is 224 g/mol. The normalized spacial score (nSPS) is 18.8. The SMILES string of the molecule is CCCc1ccc(C(CN)N2CCOCC2)cc1. The summed E-state index contributed by atoms with van der Waals surface area (Å²) < 4.78 is 5.40. The highest BCUT2D eigenvalue weighted by Gasteiger charge is 2.20. The molecule has 18 heavy (non-hydrogen) atoms. The van der Waals surface area contributed by atoms with Crippen LogP contribution >= 0.6 is 0 Å². The van der Waals surface area contributed by atoms with Crippen molar-refractivity contribution in [3.8, 4) is 0 Å². The van der Waals surface area contributed by atoms with Gasteiger partial charge in [0.2, 0.25) is 0 Å². The average molecular weight is 248 g/mol. The molecule has 100 valence electrons. The van der Waals surface area contributed by atoms with Crippen LogP contribution < -0.4 is 5.73 Å². The number of hydrogen-bond acceptors (Lipinski definition) is 3. The van der Waals surface area contributed by atoms with E-state index in [-0.39, 0.29) is 0 Å². The second kappa shape index (κ2) is 6.88. The fourth-order valence-corrected chi connectivity index (χ4v) is 2.58. The van der Waals surface area contributed by atoms with Crippen LogP contribution in [0.15, 0.2) is 24.3 Å². The largest absolute Gasteiger partial charge is 0.379 e. The highest BCUT2D eigenvalue weighted by Crippen LogP contribution is 2.21. The minimum absolute atomic E-state index is 0.338. The molecule has 3 heteroatoms. The third-order valence-corrected chi connectivity index (χ3v) is 3.61. The molecule has 1 heterocycles. The van der Waals surface area contributed by atoms with Gasteiger partial charge in [0.1, 0.15) is 0 Å². The van der Waals surface area contributed by atoms with Gasteiger partial charge in [0, 0.05) is 25.7 Å². The zero-order chi connectivity index (χ0) is 12.8. The summed E-state index contributed by atoms with van der Waals surface area (Å²) in [5.41, 5.74) is 8.70. The van der Waals surface area contributed by atoms with E-state index >= 15 is 0 Å². The molecule has 3 nitrogen and oxygen atoms in total. The van der Waals surface area contributed by atoms with E-state index in [1.54, 1.807) is 0 Å². The molecule has 0 radical (unpaired) electrons. The Hall–Kier alpha value is -0.900. The molecule has 0 spiro atoms. The fourth-order valence-electron chi connectivity index (χ4n) is 2.58. The Kier molecular flexibility index (Phi) is 5.17.